The van der Waals surface area contributed by atoms with E-state index in [1.165, 1.54) is 6.20 Å². The largest absolute Gasteiger partial charge is 0.462 e. The molecule has 7 nitrogen and oxygen atoms in total. The quantitative estimate of drug-likeness (QED) is 0.719. The minimum atomic E-state index is -0.421. The van der Waals surface area contributed by atoms with E-state index < -0.39 is 5.97 Å². The van der Waals surface area contributed by atoms with E-state index >= 15 is 0 Å². The van der Waals surface area contributed by atoms with Gasteiger partial charge in [-0.15, -0.1) is 0 Å². The van der Waals surface area contributed by atoms with Crippen LogP contribution in [0.15, 0.2) is 30.5 Å². The second-order valence-corrected chi connectivity index (χ2v) is 4.64. The average Bonchev–Trinajstić information content (AvgIpc) is 2.89. The first kappa shape index (κ1) is 14.0. The van der Waals surface area contributed by atoms with Gasteiger partial charge in [-0.1, -0.05) is 12.1 Å². The van der Waals surface area contributed by atoms with Crippen molar-refractivity contribution >= 4 is 28.9 Å². The van der Waals surface area contributed by atoms with Crippen molar-refractivity contribution in [2.24, 2.45) is 0 Å². The smallest absolute Gasteiger partial charge is 0.341 e. The molecule has 0 amide bonds. The third-order valence-electron chi connectivity index (χ3n) is 3.09. The first-order valence-corrected chi connectivity index (χ1v) is 6.90. The van der Waals surface area contributed by atoms with Gasteiger partial charge in [-0.05, 0) is 26.0 Å². The lowest BCUT2D eigenvalue weighted by atomic mass is 10.2. The molecule has 3 aromatic rings. The van der Waals surface area contributed by atoms with Gasteiger partial charge >= 0.3 is 5.97 Å². The Bertz CT molecular complexity index is 795. The van der Waals surface area contributed by atoms with Crippen molar-refractivity contribution in [3.63, 3.8) is 0 Å². The number of H-pyrrole nitrogens is 1. The molecule has 0 unspecified atom stereocenters. The summed E-state index contributed by atoms with van der Waals surface area (Å²) in [7, 11) is 0. The molecule has 22 heavy (non-hydrogen) atoms. The zero-order valence-electron chi connectivity index (χ0n) is 12.3. The van der Waals surface area contributed by atoms with E-state index in [4.69, 9.17) is 4.74 Å². The molecule has 0 bridgehead atoms. The summed E-state index contributed by atoms with van der Waals surface area (Å²) in [5.41, 5.74) is 2.68. The fraction of sp³-hybridized carbons (Fsp3) is 0.200. The number of nitrogens with one attached hydrogen (secondary N) is 2. The Morgan fingerprint density at radius 2 is 2.14 bits per heavy atom. The van der Waals surface area contributed by atoms with Crippen molar-refractivity contribution in [3.8, 4) is 0 Å². The van der Waals surface area contributed by atoms with Crippen molar-refractivity contribution < 1.29 is 9.53 Å². The highest BCUT2D eigenvalue weighted by molar-refractivity contribution is 5.90. The second-order valence-electron chi connectivity index (χ2n) is 4.64. The standard InChI is InChI=1S/C15H15N5O2/c1-3-22-13(21)10-8-16-14(17-9(10)2)20-15-18-11-6-4-5-7-12(11)19-15/h4-8H,3H2,1-2H3,(H2,16,17,18,19,20). The van der Waals surface area contributed by atoms with E-state index in [1.54, 1.807) is 13.8 Å². The number of ether oxygens (including phenoxy) is 1. The number of benzene rings is 1. The van der Waals surface area contributed by atoms with Gasteiger partial charge in [-0.25, -0.2) is 19.7 Å². The van der Waals surface area contributed by atoms with Crippen LogP contribution < -0.4 is 5.32 Å². The summed E-state index contributed by atoms with van der Waals surface area (Å²) >= 11 is 0. The first-order valence-electron chi connectivity index (χ1n) is 6.90. The molecular weight excluding hydrogens is 282 g/mol. The van der Waals surface area contributed by atoms with Crippen LogP contribution in [0.5, 0.6) is 0 Å². The average molecular weight is 297 g/mol. The molecular formula is C15H15N5O2. The fourth-order valence-electron chi connectivity index (χ4n) is 2.05. The summed E-state index contributed by atoms with van der Waals surface area (Å²) in [6.07, 6.45) is 1.45. The highest BCUT2D eigenvalue weighted by Gasteiger charge is 2.13. The van der Waals surface area contributed by atoms with Gasteiger partial charge in [-0.3, -0.25) is 5.32 Å². The summed E-state index contributed by atoms with van der Waals surface area (Å²) in [5.74, 6) is 0.490. The predicted octanol–water partition coefficient (Wildman–Crippen LogP) is 2.58. The molecule has 3 rings (SSSR count). The zero-order valence-corrected chi connectivity index (χ0v) is 12.3. The number of hydrogen-bond donors (Lipinski definition) is 2. The number of anilines is 2. The Balaban J connectivity index is 1.83. The topological polar surface area (TPSA) is 92.8 Å². The van der Waals surface area contributed by atoms with Gasteiger partial charge in [-0.2, -0.15) is 0 Å². The summed E-state index contributed by atoms with van der Waals surface area (Å²) in [6.45, 7) is 3.81. The molecule has 7 heteroatoms. The molecule has 2 heterocycles. The molecule has 0 aliphatic heterocycles. The van der Waals surface area contributed by atoms with E-state index in [2.05, 4.69) is 25.3 Å². The van der Waals surface area contributed by atoms with Crippen LogP contribution in [0.3, 0.4) is 0 Å². The van der Waals surface area contributed by atoms with E-state index in [-0.39, 0.29) is 0 Å². The molecule has 2 N–H and O–H groups in total. The SMILES string of the molecule is CCOC(=O)c1cnc(Nc2nc3ccccc3[nH]2)nc1C. The van der Waals surface area contributed by atoms with Gasteiger partial charge in [0.15, 0.2) is 0 Å². The number of para-hydroxylation sites is 2. The number of imidazole rings is 1. The van der Waals surface area contributed by atoms with E-state index in [1.807, 2.05) is 24.3 Å². The molecule has 0 atom stereocenters. The summed E-state index contributed by atoms with van der Waals surface area (Å²) in [6, 6.07) is 7.69. The third kappa shape index (κ3) is 2.73. The van der Waals surface area contributed by atoms with Gasteiger partial charge in [0, 0.05) is 6.20 Å². The number of nitrogens with zero attached hydrogens (tertiary/aromatic N) is 3. The van der Waals surface area contributed by atoms with Crippen LogP contribution in [-0.4, -0.2) is 32.5 Å². The van der Waals surface area contributed by atoms with E-state index in [0.717, 1.165) is 11.0 Å². The van der Waals surface area contributed by atoms with Crippen molar-refractivity contribution in [1.29, 1.82) is 0 Å². The first-order chi connectivity index (χ1) is 10.7. The number of hydrogen-bond acceptors (Lipinski definition) is 6. The highest BCUT2D eigenvalue weighted by Crippen LogP contribution is 2.16. The Morgan fingerprint density at radius 3 is 2.86 bits per heavy atom. The van der Waals surface area contributed by atoms with Gasteiger partial charge in [0.05, 0.1) is 28.9 Å². The zero-order chi connectivity index (χ0) is 15.5. The number of esters is 1. The maximum atomic E-state index is 11.7. The van der Waals surface area contributed by atoms with Crippen molar-refractivity contribution in [3.05, 3.63) is 41.7 Å². The minimum Gasteiger partial charge on any atom is -0.462 e. The number of fused-ring (bicyclic) bond motifs is 1. The molecule has 0 fully saturated rings. The fourth-order valence-corrected chi connectivity index (χ4v) is 2.05. The molecule has 1 aromatic carbocycles. The summed E-state index contributed by atoms with van der Waals surface area (Å²) < 4.78 is 4.95. The van der Waals surface area contributed by atoms with Crippen LogP contribution in [0.25, 0.3) is 11.0 Å². The van der Waals surface area contributed by atoms with Crippen LogP contribution in [0.4, 0.5) is 11.9 Å². The lowest BCUT2D eigenvalue weighted by Crippen LogP contribution is -2.10. The lowest BCUT2D eigenvalue weighted by molar-refractivity contribution is 0.0524. The third-order valence-corrected chi connectivity index (χ3v) is 3.09. The van der Waals surface area contributed by atoms with Crippen LogP contribution in [-0.2, 0) is 4.74 Å². The van der Waals surface area contributed by atoms with Gasteiger partial charge in [0.2, 0.25) is 11.9 Å². The number of carbonyl (C=O) groups excluding carboxylic acids is 1. The molecule has 0 aliphatic carbocycles. The van der Waals surface area contributed by atoms with E-state index in [9.17, 15) is 4.79 Å². The molecule has 112 valence electrons. The monoisotopic (exact) mass is 297 g/mol. The number of aryl methyl sites for hydroxylation is 1. The van der Waals surface area contributed by atoms with Crippen LogP contribution >= 0.6 is 0 Å². The maximum Gasteiger partial charge on any atom is 0.341 e. The summed E-state index contributed by atoms with van der Waals surface area (Å²) in [5, 5.41) is 2.99. The summed E-state index contributed by atoms with van der Waals surface area (Å²) in [4.78, 5) is 27.6. The van der Waals surface area contributed by atoms with Crippen LogP contribution in [0.2, 0.25) is 0 Å². The number of carbonyl (C=O) groups is 1. The molecule has 0 radical (unpaired) electrons. The molecule has 0 aliphatic rings. The van der Waals surface area contributed by atoms with Gasteiger partial charge in [0.25, 0.3) is 0 Å². The normalized spacial score (nSPS) is 10.6. The Morgan fingerprint density at radius 1 is 1.32 bits per heavy atom. The minimum absolute atomic E-state index is 0.317. The van der Waals surface area contributed by atoms with Crippen molar-refractivity contribution in [2.45, 2.75) is 13.8 Å². The lowest BCUT2D eigenvalue weighted by Gasteiger charge is -2.06. The second kappa shape index (κ2) is 5.80. The Labute approximate surface area is 126 Å². The Kier molecular flexibility index (Phi) is 3.69. The Hall–Kier alpha value is -2.96. The molecule has 0 saturated heterocycles. The highest BCUT2D eigenvalue weighted by atomic mass is 16.5. The van der Waals surface area contributed by atoms with Crippen molar-refractivity contribution in [1.82, 2.24) is 19.9 Å². The number of aromatic amines is 1. The van der Waals surface area contributed by atoms with Gasteiger partial charge < -0.3 is 9.72 Å². The number of aromatic nitrogens is 4. The van der Waals surface area contributed by atoms with Gasteiger partial charge in [0.1, 0.15) is 0 Å². The molecule has 0 spiro atoms. The van der Waals surface area contributed by atoms with E-state index in [0.29, 0.717) is 29.8 Å². The van der Waals surface area contributed by atoms with Crippen molar-refractivity contribution in [2.75, 3.05) is 11.9 Å². The van der Waals surface area contributed by atoms with Crippen LogP contribution in [0.1, 0.15) is 23.0 Å². The predicted molar refractivity (Wildman–Crippen MR) is 82.1 cm³/mol. The maximum absolute atomic E-state index is 11.7. The molecule has 0 saturated carbocycles. The van der Waals surface area contributed by atoms with Crippen LogP contribution in [0, 0.1) is 6.92 Å². The molecule has 2 aromatic heterocycles. The number of rotatable bonds is 4.